The monoisotopic (exact) mass is 416 g/mol. The molecule has 1 saturated heterocycles. The first kappa shape index (κ1) is 21.8. The van der Waals surface area contributed by atoms with Crippen molar-refractivity contribution in [3.05, 3.63) is 70.0 Å². The van der Waals surface area contributed by atoms with Crippen molar-refractivity contribution in [3.63, 3.8) is 0 Å². The van der Waals surface area contributed by atoms with Gasteiger partial charge >= 0.3 is 0 Å². The number of rotatable bonds is 7. The Morgan fingerprint density at radius 2 is 1.86 bits per heavy atom. The van der Waals surface area contributed by atoms with E-state index in [1.54, 1.807) is 12.1 Å². The lowest BCUT2D eigenvalue weighted by Gasteiger charge is -2.31. The maximum absolute atomic E-state index is 14.0. The van der Waals surface area contributed by atoms with Crippen LogP contribution in [0, 0.1) is 11.7 Å². The quantitative estimate of drug-likeness (QED) is 0.675. The molecule has 3 nitrogen and oxygen atoms in total. The first-order valence-electron chi connectivity index (χ1n) is 10.5. The van der Waals surface area contributed by atoms with Gasteiger partial charge in [-0.1, -0.05) is 55.8 Å². The number of hydrogen-bond acceptors (Lipinski definition) is 2. The SMILES string of the molecule is CC(C)c1ccc(CCNC(=O)C2CCN(Cc3c(F)cccc3Cl)CC2)cc1. The van der Waals surface area contributed by atoms with Crippen LogP contribution < -0.4 is 5.32 Å². The van der Waals surface area contributed by atoms with E-state index in [0.29, 0.717) is 29.6 Å². The number of carbonyl (C=O) groups is 1. The third-order valence-electron chi connectivity index (χ3n) is 5.76. The highest BCUT2D eigenvalue weighted by molar-refractivity contribution is 6.31. The van der Waals surface area contributed by atoms with Gasteiger partial charge in [0, 0.05) is 29.6 Å². The summed E-state index contributed by atoms with van der Waals surface area (Å²) < 4.78 is 14.0. The lowest BCUT2D eigenvalue weighted by Crippen LogP contribution is -2.40. The zero-order chi connectivity index (χ0) is 20.8. The van der Waals surface area contributed by atoms with Crippen LogP contribution in [0.5, 0.6) is 0 Å². The van der Waals surface area contributed by atoms with E-state index in [4.69, 9.17) is 11.6 Å². The summed E-state index contributed by atoms with van der Waals surface area (Å²) in [4.78, 5) is 14.7. The smallest absolute Gasteiger partial charge is 0.223 e. The molecular formula is C24H30ClFN2O. The van der Waals surface area contributed by atoms with E-state index in [1.807, 2.05) is 0 Å². The lowest BCUT2D eigenvalue weighted by molar-refractivity contribution is -0.126. The Kier molecular flexibility index (Phi) is 7.68. The van der Waals surface area contributed by atoms with Crippen molar-refractivity contribution in [3.8, 4) is 0 Å². The van der Waals surface area contributed by atoms with Gasteiger partial charge in [0.25, 0.3) is 0 Å². The highest BCUT2D eigenvalue weighted by Gasteiger charge is 2.25. The Hall–Kier alpha value is -1.91. The molecule has 2 aromatic rings. The Morgan fingerprint density at radius 3 is 2.48 bits per heavy atom. The van der Waals surface area contributed by atoms with Crippen molar-refractivity contribution in [1.82, 2.24) is 10.2 Å². The summed E-state index contributed by atoms with van der Waals surface area (Å²) in [6.45, 7) is 7.08. The van der Waals surface area contributed by atoms with Gasteiger partial charge in [-0.15, -0.1) is 0 Å². The zero-order valence-corrected chi connectivity index (χ0v) is 18.0. The average Bonchev–Trinajstić information content (AvgIpc) is 2.71. The van der Waals surface area contributed by atoms with Crippen LogP contribution in [0.25, 0.3) is 0 Å². The maximum Gasteiger partial charge on any atom is 0.223 e. The fourth-order valence-electron chi connectivity index (χ4n) is 3.80. The molecule has 0 aromatic heterocycles. The largest absolute Gasteiger partial charge is 0.356 e. The molecular weight excluding hydrogens is 387 g/mol. The van der Waals surface area contributed by atoms with Gasteiger partial charge in [-0.2, -0.15) is 0 Å². The maximum atomic E-state index is 14.0. The summed E-state index contributed by atoms with van der Waals surface area (Å²) in [5.41, 5.74) is 3.12. The number of amides is 1. The van der Waals surface area contributed by atoms with Gasteiger partial charge in [0.2, 0.25) is 5.91 Å². The molecule has 0 spiro atoms. The van der Waals surface area contributed by atoms with E-state index in [-0.39, 0.29) is 17.6 Å². The van der Waals surface area contributed by atoms with Crippen molar-refractivity contribution in [2.75, 3.05) is 19.6 Å². The van der Waals surface area contributed by atoms with Crippen molar-refractivity contribution < 1.29 is 9.18 Å². The minimum atomic E-state index is -0.265. The van der Waals surface area contributed by atoms with Gasteiger partial charge in [0.1, 0.15) is 5.82 Å². The van der Waals surface area contributed by atoms with Gasteiger partial charge in [-0.25, -0.2) is 4.39 Å². The third kappa shape index (κ3) is 6.03. The number of carbonyl (C=O) groups excluding carboxylic acids is 1. The molecule has 1 amide bonds. The molecule has 0 atom stereocenters. The number of hydrogen-bond donors (Lipinski definition) is 1. The zero-order valence-electron chi connectivity index (χ0n) is 17.3. The molecule has 2 aromatic carbocycles. The molecule has 0 bridgehead atoms. The molecule has 0 radical (unpaired) electrons. The molecule has 1 fully saturated rings. The van der Waals surface area contributed by atoms with Crippen LogP contribution in [0.1, 0.15) is 49.3 Å². The average molecular weight is 417 g/mol. The summed E-state index contributed by atoms with van der Waals surface area (Å²) in [7, 11) is 0. The van der Waals surface area contributed by atoms with E-state index in [9.17, 15) is 9.18 Å². The molecule has 0 saturated carbocycles. The van der Waals surface area contributed by atoms with Crippen LogP contribution in [-0.4, -0.2) is 30.4 Å². The molecule has 0 unspecified atom stereocenters. The molecule has 156 valence electrons. The first-order valence-corrected chi connectivity index (χ1v) is 10.8. The minimum Gasteiger partial charge on any atom is -0.356 e. The predicted octanol–water partition coefficient (Wildman–Crippen LogP) is 5.17. The summed E-state index contributed by atoms with van der Waals surface area (Å²) in [5, 5.41) is 3.55. The third-order valence-corrected chi connectivity index (χ3v) is 6.12. The molecule has 1 N–H and O–H groups in total. The summed E-state index contributed by atoms with van der Waals surface area (Å²) >= 11 is 6.13. The van der Waals surface area contributed by atoms with Crippen LogP contribution in [-0.2, 0) is 17.8 Å². The molecule has 29 heavy (non-hydrogen) atoms. The summed E-state index contributed by atoms with van der Waals surface area (Å²) in [6, 6.07) is 13.4. The Bertz CT molecular complexity index is 794. The van der Waals surface area contributed by atoms with Crippen LogP contribution in [0.3, 0.4) is 0 Å². The summed E-state index contributed by atoms with van der Waals surface area (Å²) in [5.74, 6) is 0.431. The second kappa shape index (κ2) is 10.2. The fraction of sp³-hybridized carbons (Fsp3) is 0.458. The van der Waals surface area contributed by atoms with Crippen molar-refractivity contribution in [2.24, 2.45) is 5.92 Å². The number of likely N-dealkylation sites (tertiary alicyclic amines) is 1. The molecule has 1 aliphatic rings. The molecule has 3 rings (SSSR count). The van der Waals surface area contributed by atoms with Gasteiger partial charge in [0.05, 0.1) is 0 Å². The highest BCUT2D eigenvalue weighted by atomic mass is 35.5. The number of benzene rings is 2. The van der Waals surface area contributed by atoms with Gasteiger partial charge in [-0.05, 0) is 61.5 Å². The second-order valence-corrected chi connectivity index (χ2v) is 8.60. The molecule has 1 aliphatic heterocycles. The standard InChI is InChI=1S/C24H30ClFN2O/c1-17(2)19-8-6-18(7-9-19)10-13-27-24(29)20-11-14-28(15-12-20)16-21-22(25)4-3-5-23(21)26/h3-9,17,20H,10-16H2,1-2H3,(H,27,29). The lowest BCUT2D eigenvalue weighted by atomic mass is 9.95. The predicted molar refractivity (Wildman–Crippen MR) is 117 cm³/mol. The molecule has 1 heterocycles. The van der Waals surface area contributed by atoms with Crippen LogP contribution >= 0.6 is 11.6 Å². The highest BCUT2D eigenvalue weighted by Crippen LogP contribution is 2.24. The van der Waals surface area contributed by atoms with E-state index < -0.39 is 0 Å². The number of halogens is 2. The van der Waals surface area contributed by atoms with Crippen molar-refractivity contribution >= 4 is 17.5 Å². The van der Waals surface area contributed by atoms with Crippen molar-refractivity contribution in [1.29, 1.82) is 0 Å². The number of nitrogens with one attached hydrogen (secondary N) is 1. The normalized spacial score (nSPS) is 15.6. The van der Waals surface area contributed by atoms with E-state index in [1.165, 1.54) is 17.2 Å². The Morgan fingerprint density at radius 1 is 1.17 bits per heavy atom. The molecule has 0 aliphatic carbocycles. The van der Waals surface area contributed by atoms with Crippen LogP contribution in [0.4, 0.5) is 4.39 Å². The Labute approximate surface area is 178 Å². The minimum absolute atomic E-state index is 0.0330. The van der Waals surface area contributed by atoms with Crippen molar-refractivity contribution in [2.45, 2.75) is 45.6 Å². The topological polar surface area (TPSA) is 32.3 Å². The Balaban J connectivity index is 1.40. The van der Waals surface area contributed by atoms with Crippen LogP contribution in [0.2, 0.25) is 5.02 Å². The number of piperidine rings is 1. The van der Waals surface area contributed by atoms with E-state index >= 15 is 0 Å². The van der Waals surface area contributed by atoms with Gasteiger partial charge in [0.15, 0.2) is 0 Å². The van der Waals surface area contributed by atoms with Crippen LogP contribution in [0.15, 0.2) is 42.5 Å². The first-order chi connectivity index (χ1) is 13.9. The van der Waals surface area contributed by atoms with Gasteiger partial charge < -0.3 is 5.32 Å². The molecule has 5 heteroatoms. The fourth-order valence-corrected chi connectivity index (χ4v) is 4.03. The van der Waals surface area contributed by atoms with E-state index in [2.05, 4.69) is 48.3 Å². The summed E-state index contributed by atoms with van der Waals surface area (Å²) in [6.07, 6.45) is 2.43. The number of nitrogens with zero attached hydrogens (tertiary/aromatic N) is 1. The second-order valence-electron chi connectivity index (χ2n) is 8.19. The van der Waals surface area contributed by atoms with Gasteiger partial charge in [-0.3, -0.25) is 9.69 Å². The van der Waals surface area contributed by atoms with E-state index in [0.717, 1.165) is 32.4 Å².